The fraction of sp³-hybridized carbons (Fsp3) is 0.576. The standard InChI is InChI=1S/C99H149N23O27/c1-60(2)103-39-13-11-22-69(91(142)111-68(88(100)139)21-10-15-41-105-89(140)72(32-36-82(127)128)115-96(147)75(34-38-84(131)132)116-95(146)74(33-37-83(129)130)109-81(126)56-119-43-45-120(57-85(133)134)47-49-122(59-87(137)138)50-48-121(46-44-119)58-86(135)136)112-94(145)73-31-35-79(124)110-77(52-62-17-6-5-7-18-62)97(148)118-78(53-63-26-29-67(123)30-27-63)98(149)114-70(23-12-14-40-104-61(3)4)92(143)113-71(24-16-42-106-99(101)102)93(144)117-76(90(141)107-55-80(125)108-73)54-64-25-28-65-19-8-9-20-66(65)51-64/h5-9,17-20,25-30,51,60-61,68-78,82,103-104,123,127-128H,10-16,21-24,31-50,52-59H2,1-4H3,(H2,100,139)(H,105,140)(H,107,141)(H,108,125)(H,109,126)(H,110,124)(H,111,142)(H,112,145)(H,113,143)(H,114,149)(H,115,147)(H,116,146)(H,117,144)(H,118,148)(H,129,130)(H,131,132)(H,133,134)(H,135,136)(H,137,138)(H4,101,102,106)/t68?,69?,70?,71-,72?,73?,74+,75?,76?,77?,78?/m1/s1. The maximum atomic E-state index is 15.2. The van der Waals surface area contributed by atoms with Crippen LogP contribution in [0.15, 0.2) is 97.1 Å². The quantitative estimate of drug-likeness (QED) is 0.00857. The number of aliphatic hydroxyl groups is 2. The zero-order valence-corrected chi connectivity index (χ0v) is 84.7. The summed E-state index contributed by atoms with van der Waals surface area (Å²) in [7, 11) is 0. The summed E-state index contributed by atoms with van der Waals surface area (Å²) < 4.78 is 0. The van der Waals surface area contributed by atoms with Crippen molar-refractivity contribution in [1.29, 1.82) is 5.41 Å². The van der Waals surface area contributed by atoms with Crippen LogP contribution in [-0.4, -0.2) is 375 Å². The molecule has 2 fully saturated rings. The molecule has 9 unspecified atom stereocenters. The molecule has 4 aromatic rings. The summed E-state index contributed by atoms with van der Waals surface area (Å²) in [4.78, 5) is 271. The Morgan fingerprint density at radius 2 is 0.812 bits per heavy atom. The normalized spacial score (nSPS) is 18.8. The van der Waals surface area contributed by atoms with E-state index in [0.29, 0.717) is 49.0 Å². The molecule has 0 aromatic heterocycles. The molecular weight excluding hydrogens is 1940 g/mol. The lowest BCUT2D eigenvalue weighted by atomic mass is 10.00. The molecule has 0 saturated carbocycles. The first-order valence-electron chi connectivity index (χ1n) is 50.2. The number of benzene rings is 4. The number of carboxylic acids is 5. The zero-order chi connectivity index (χ0) is 110. The summed E-state index contributed by atoms with van der Waals surface area (Å²) in [6.45, 7) is 5.62. The molecule has 11 atom stereocenters. The Morgan fingerprint density at radius 3 is 1.32 bits per heavy atom. The Bertz CT molecular complexity index is 5070. The van der Waals surface area contributed by atoms with Gasteiger partial charge in [0.15, 0.2) is 12.2 Å². The minimum absolute atomic E-state index is 0.00730. The lowest BCUT2D eigenvalue weighted by Gasteiger charge is -2.33. The van der Waals surface area contributed by atoms with E-state index in [4.69, 9.17) is 16.9 Å². The van der Waals surface area contributed by atoms with Crippen molar-refractivity contribution in [2.45, 2.75) is 254 Å². The number of guanidine groups is 1. The first-order valence-corrected chi connectivity index (χ1v) is 50.2. The van der Waals surface area contributed by atoms with Gasteiger partial charge in [0, 0.05) is 122 Å². The molecule has 2 saturated heterocycles. The minimum atomic E-state index is -2.06. The highest BCUT2D eigenvalue weighted by molar-refractivity contribution is 6.00. The number of amides is 14. The van der Waals surface area contributed by atoms with Gasteiger partial charge in [0.25, 0.3) is 0 Å². The van der Waals surface area contributed by atoms with Crippen molar-refractivity contribution < 1.29 is 132 Å². The Kier molecular flexibility index (Phi) is 54.9. The summed E-state index contributed by atoms with van der Waals surface area (Å²) in [6.07, 6.45) is -6.90. The number of hydrogen-bond acceptors (Lipinski definition) is 29. The summed E-state index contributed by atoms with van der Waals surface area (Å²) in [5, 5.41) is 132. The van der Waals surface area contributed by atoms with E-state index in [2.05, 4.69) is 85.1 Å². The van der Waals surface area contributed by atoms with E-state index in [1.54, 1.807) is 54.6 Å². The first-order chi connectivity index (χ1) is 70.8. The number of carbonyl (C=O) groups is 19. The van der Waals surface area contributed by atoms with Crippen LogP contribution in [-0.2, 0) is 110 Å². The van der Waals surface area contributed by atoms with Crippen molar-refractivity contribution in [1.82, 2.24) is 105 Å². The van der Waals surface area contributed by atoms with Gasteiger partial charge in [-0.15, -0.1) is 0 Å². The summed E-state index contributed by atoms with van der Waals surface area (Å²) >= 11 is 0. The second kappa shape index (κ2) is 66.2. The molecule has 50 heteroatoms. The van der Waals surface area contributed by atoms with Crippen molar-refractivity contribution in [2.75, 3.05) is 111 Å². The monoisotopic (exact) mass is 2090 g/mol. The van der Waals surface area contributed by atoms with Gasteiger partial charge in [-0.2, -0.15) is 0 Å². The van der Waals surface area contributed by atoms with Crippen LogP contribution in [0.25, 0.3) is 10.8 Å². The van der Waals surface area contributed by atoms with Crippen LogP contribution in [0.2, 0.25) is 0 Å². The largest absolute Gasteiger partial charge is 0.508 e. The predicted molar refractivity (Wildman–Crippen MR) is 542 cm³/mol. The molecule has 149 heavy (non-hydrogen) atoms. The molecule has 50 nitrogen and oxygen atoms in total. The first kappa shape index (κ1) is 123. The number of nitrogens with one attached hydrogen (secondary N) is 17. The van der Waals surface area contributed by atoms with E-state index in [0.717, 1.165) is 10.8 Å². The van der Waals surface area contributed by atoms with Crippen molar-refractivity contribution in [3.05, 3.63) is 114 Å². The van der Waals surface area contributed by atoms with E-state index >= 15 is 24.0 Å². The van der Waals surface area contributed by atoms with Gasteiger partial charge >= 0.3 is 29.8 Å². The predicted octanol–water partition coefficient (Wildman–Crippen LogP) is -4.52. The SMILES string of the molecule is CC(C)NCCCCC(NC(=O)C1CCC(=O)NC(Cc2ccccc2)C(=O)NC(Cc2ccc(O)cc2)C(=O)NC(CCCCNC(C)C)C(=O)N[C@H](CCCNC(=N)N)C(=O)NC(Cc2ccc3ccccc3c2)C(=O)NCC(=O)N1)C(=O)NC(CCCCNC(=O)C(CCC(O)O)NC(=O)C(CCC(=O)O)NC(=O)[C@H](CCC(=O)O)NC(=O)CN1CCN(CC(=O)O)CCN(CC(=O)O)CCN(CC(=O)O)CC1)C(N)=O. The number of aliphatic hydroxyl groups excluding tert-OH is 1. The number of aromatic hydroxyl groups is 1. The van der Waals surface area contributed by atoms with E-state index in [-0.39, 0.29) is 154 Å². The van der Waals surface area contributed by atoms with Crippen LogP contribution in [0.1, 0.15) is 166 Å². The topological polar surface area (TPSA) is 768 Å². The second-order valence-electron chi connectivity index (χ2n) is 37.6. The average Bonchev–Trinajstić information content (AvgIpc) is 1.00. The highest BCUT2D eigenvalue weighted by atomic mass is 16.5. The number of unbranched alkanes of at least 4 members (excludes halogenated alkanes) is 3. The average molecular weight is 2090 g/mol. The molecule has 6 rings (SSSR count). The van der Waals surface area contributed by atoms with E-state index in [9.17, 15) is 108 Å². The number of carboxylic acid groups (broad SMARTS) is 5. The third kappa shape index (κ3) is 49.9. The second-order valence-corrected chi connectivity index (χ2v) is 37.6. The van der Waals surface area contributed by atoms with E-state index in [1.807, 2.05) is 45.9 Å². The van der Waals surface area contributed by atoms with Crippen LogP contribution < -0.4 is 96.5 Å². The fourth-order valence-electron chi connectivity index (χ4n) is 16.5. The van der Waals surface area contributed by atoms with Gasteiger partial charge in [0.1, 0.15) is 72.2 Å². The third-order valence-electron chi connectivity index (χ3n) is 24.6. The molecule has 2 heterocycles. The Hall–Kier alpha value is -14.2. The lowest BCUT2D eigenvalue weighted by molar-refractivity contribution is -0.140. The lowest BCUT2D eigenvalue weighted by Crippen LogP contribution is -2.60. The van der Waals surface area contributed by atoms with Crippen molar-refractivity contribution in [3.63, 3.8) is 0 Å². The number of primary amides is 1. The van der Waals surface area contributed by atoms with Crippen LogP contribution in [0.3, 0.4) is 0 Å². The molecule has 822 valence electrons. The molecule has 0 aliphatic carbocycles. The number of carbonyl (C=O) groups excluding carboxylic acids is 14. The Morgan fingerprint density at radius 1 is 0.396 bits per heavy atom. The maximum Gasteiger partial charge on any atom is 0.317 e. The molecule has 29 N–H and O–H groups in total. The molecule has 4 aromatic carbocycles. The third-order valence-corrected chi connectivity index (χ3v) is 24.6. The Labute approximate surface area is 863 Å². The van der Waals surface area contributed by atoms with Gasteiger partial charge < -0.3 is 137 Å². The van der Waals surface area contributed by atoms with Crippen LogP contribution >= 0.6 is 0 Å². The van der Waals surface area contributed by atoms with Crippen molar-refractivity contribution >= 4 is 129 Å². The van der Waals surface area contributed by atoms with Crippen LogP contribution in [0.5, 0.6) is 5.75 Å². The van der Waals surface area contributed by atoms with Crippen molar-refractivity contribution in [2.24, 2.45) is 11.5 Å². The van der Waals surface area contributed by atoms with Crippen molar-refractivity contribution in [3.8, 4) is 5.75 Å². The fourth-order valence-corrected chi connectivity index (χ4v) is 16.5. The highest BCUT2D eigenvalue weighted by Crippen LogP contribution is 2.21. The maximum absolute atomic E-state index is 15.2. The van der Waals surface area contributed by atoms with Crippen LogP contribution in [0.4, 0.5) is 0 Å². The minimum Gasteiger partial charge on any atom is -0.508 e. The number of phenols is 1. The smallest absolute Gasteiger partial charge is 0.317 e. The molecular formula is C99H149N23O27. The van der Waals surface area contributed by atoms with Gasteiger partial charge in [0.05, 0.1) is 32.7 Å². The highest BCUT2D eigenvalue weighted by Gasteiger charge is 2.38. The number of nitrogens with two attached hydrogens (primary N) is 2. The number of nitrogens with zero attached hydrogens (tertiary/aromatic N) is 4. The van der Waals surface area contributed by atoms with Gasteiger partial charge in [-0.3, -0.25) is 116 Å². The van der Waals surface area contributed by atoms with Gasteiger partial charge in [-0.25, -0.2) is 0 Å². The summed E-state index contributed by atoms with van der Waals surface area (Å²) in [6, 6.07) is 9.32. The summed E-state index contributed by atoms with van der Waals surface area (Å²) in [5.74, 6) is -20.9. The van der Waals surface area contributed by atoms with Gasteiger partial charge in [-0.1, -0.05) is 113 Å². The molecule has 0 spiro atoms. The molecule has 0 bridgehead atoms. The molecule has 0 radical (unpaired) electrons. The van der Waals surface area contributed by atoms with E-state index in [1.165, 1.54) is 43.9 Å². The van der Waals surface area contributed by atoms with Crippen LogP contribution in [0, 0.1) is 5.41 Å². The number of fused-ring (bicyclic) bond motifs is 1. The van der Waals surface area contributed by atoms with Gasteiger partial charge in [-0.05, 0) is 149 Å². The van der Waals surface area contributed by atoms with Gasteiger partial charge in [0.2, 0.25) is 82.7 Å². The number of aliphatic carboxylic acids is 5. The Balaban J connectivity index is 1.27. The molecule has 14 amide bonds. The van der Waals surface area contributed by atoms with E-state index < -0.39 is 275 Å². The number of rotatable bonds is 55. The zero-order valence-electron chi connectivity index (χ0n) is 84.7. The molecule has 2 aliphatic heterocycles. The number of hydrogen-bond donors (Lipinski definition) is 27. The number of phenolic OH excluding ortho intramolecular Hbond substituents is 1. The summed E-state index contributed by atoms with van der Waals surface area (Å²) in [5.41, 5.74) is 13.1. The molecule has 2 aliphatic rings.